The molecule has 0 aromatic rings. The van der Waals surface area contributed by atoms with E-state index in [2.05, 4.69) is 18.7 Å². The van der Waals surface area contributed by atoms with E-state index in [0.717, 1.165) is 11.3 Å². The molecule has 1 aliphatic heterocycles. The number of piperidine rings is 1. The molecular formula is C10H19N. The predicted octanol–water partition coefficient (Wildman–Crippen LogP) is 2.13. The fourth-order valence-corrected chi connectivity index (χ4v) is 2.56. The summed E-state index contributed by atoms with van der Waals surface area (Å²) in [6, 6.07) is 0. The second-order valence-corrected chi connectivity index (χ2v) is 4.40. The zero-order chi connectivity index (χ0) is 7.90. The van der Waals surface area contributed by atoms with Crippen LogP contribution >= 0.6 is 0 Å². The molecule has 1 nitrogen and oxygen atoms in total. The molecule has 0 bridgehead atoms. The van der Waals surface area contributed by atoms with E-state index in [9.17, 15) is 0 Å². The van der Waals surface area contributed by atoms with Crippen LogP contribution in [0.4, 0.5) is 0 Å². The van der Waals surface area contributed by atoms with Crippen molar-refractivity contribution in [3.63, 3.8) is 0 Å². The minimum atomic E-state index is 0.825. The van der Waals surface area contributed by atoms with Crippen molar-refractivity contribution in [2.24, 2.45) is 11.3 Å². The molecule has 0 N–H and O–H groups in total. The van der Waals surface area contributed by atoms with Crippen LogP contribution in [0.25, 0.3) is 0 Å². The Labute approximate surface area is 69.8 Å². The average Bonchev–Trinajstić information content (AvgIpc) is 2.64. The van der Waals surface area contributed by atoms with Gasteiger partial charge in [-0.25, -0.2) is 0 Å². The Morgan fingerprint density at radius 2 is 1.91 bits per heavy atom. The molecule has 1 heterocycles. The summed E-state index contributed by atoms with van der Waals surface area (Å²) in [6.07, 6.45) is 4.47. The maximum absolute atomic E-state index is 2.58. The highest BCUT2D eigenvalue weighted by Gasteiger charge is 2.51. The van der Waals surface area contributed by atoms with E-state index in [1.165, 1.54) is 38.9 Å². The molecule has 1 aliphatic carbocycles. The van der Waals surface area contributed by atoms with Crippen LogP contribution in [0.2, 0.25) is 0 Å². The van der Waals surface area contributed by atoms with Gasteiger partial charge in [-0.1, -0.05) is 13.8 Å². The van der Waals surface area contributed by atoms with Gasteiger partial charge in [0.2, 0.25) is 0 Å². The third-order valence-corrected chi connectivity index (χ3v) is 3.90. The van der Waals surface area contributed by atoms with Crippen LogP contribution in [0, 0.1) is 11.3 Å². The van der Waals surface area contributed by atoms with Gasteiger partial charge >= 0.3 is 0 Å². The fraction of sp³-hybridized carbons (Fsp3) is 1.00. The summed E-state index contributed by atoms with van der Waals surface area (Å²) in [5.74, 6) is 1.04. The van der Waals surface area contributed by atoms with Gasteiger partial charge in [-0.15, -0.1) is 0 Å². The van der Waals surface area contributed by atoms with Gasteiger partial charge in [-0.2, -0.15) is 0 Å². The van der Waals surface area contributed by atoms with Gasteiger partial charge in [0.1, 0.15) is 0 Å². The van der Waals surface area contributed by atoms with E-state index in [-0.39, 0.29) is 0 Å². The SMILES string of the molecule is CCN1CCC2(CC1)C[C@H]2C. The Balaban J connectivity index is 1.86. The summed E-state index contributed by atoms with van der Waals surface area (Å²) in [7, 11) is 0. The zero-order valence-corrected chi connectivity index (χ0v) is 7.77. The molecule has 64 valence electrons. The molecule has 1 spiro atoms. The molecule has 1 saturated heterocycles. The number of nitrogens with zero attached hydrogens (tertiary/aromatic N) is 1. The molecule has 0 unspecified atom stereocenters. The van der Waals surface area contributed by atoms with Crippen molar-refractivity contribution in [2.45, 2.75) is 33.1 Å². The maximum Gasteiger partial charge on any atom is -0.00134 e. The molecule has 0 amide bonds. The summed E-state index contributed by atoms with van der Waals surface area (Å²) < 4.78 is 0. The first-order chi connectivity index (χ1) is 5.27. The number of rotatable bonds is 1. The van der Waals surface area contributed by atoms with E-state index in [4.69, 9.17) is 0 Å². The lowest BCUT2D eigenvalue weighted by Crippen LogP contribution is -2.34. The molecule has 1 atom stereocenters. The summed E-state index contributed by atoms with van der Waals surface area (Å²) in [5, 5.41) is 0. The van der Waals surface area contributed by atoms with Gasteiger partial charge < -0.3 is 4.90 Å². The van der Waals surface area contributed by atoms with Crippen molar-refractivity contribution in [1.29, 1.82) is 0 Å². The Morgan fingerprint density at radius 3 is 2.27 bits per heavy atom. The third-order valence-electron chi connectivity index (χ3n) is 3.90. The van der Waals surface area contributed by atoms with Crippen molar-refractivity contribution in [2.75, 3.05) is 19.6 Å². The third kappa shape index (κ3) is 1.20. The van der Waals surface area contributed by atoms with Crippen LogP contribution in [-0.4, -0.2) is 24.5 Å². The van der Waals surface area contributed by atoms with Crippen molar-refractivity contribution in [1.82, 2.24) is 4.90 Å². The fourth-order valence-electron chi connectivity index (χ4n) is 2.56. The highest BCUT2D eigenvalue weighted by atomic mass is 15.1. The lowest BCUT2D eigenvalue weighted by Gasteiger charge is -2.31. The second-order valence-electron chi connectivity index (χ2n) is 4.40. The number of likely N-dealkylation sites (tertiary alicyclic amines) is 1. The first-order valence-corrected chi connectivity index (χ1v) is 4.99. The lowest BCUT2D eigenvalue weighted by molar-refractivity contribution is 0.171. The lowest BCUT2D eigenvalue weighted by atomic mass is 9.91. The van der Waals surface area contributed by atoms with Crippen LogP contribution in [0.15, 0.2) is 0 Å². The van der Waals surface area contributed by atoms with E-state index in [1.54, 1.807) is 0 Å². The maximum atomic E-state index is 2.58. The van der Waals surface area contributed by atoms with Crippen LogP contribution in [0.5, 0.6) is 0 Å². The standard InChI is InChI=1S/C10H19N/c1-3-11-6-4-10(5-7-11)8-9(10)2/h9H,3-8H2,1-2H3/t9-/m1/s1. The second kappa shape index (κ2) is 2.48. The Kier molecular flexibility index (Phi) is 1.71. The van der Waals surface area contributed by atoms with Crippen molar-refractivity contribution in [3.8, 4) is 0 Å². The van der Waals surface area contributed by atoms with E-state index < -0.39 is 0 Å². The van der Waals surface area contributed by atoms with Crippen LogP contribution in [-0.2, 0) is 0 Å². The van der Waals surface area contributed by atoms with Crippen molar-refractivity contribution >= 4 is 0 Å². The predicted molar refractivity (Wildman–Crippen MR) is 47.6 cm³/mol. The Bertz CT molecular complexity index is 145. The van der Waals surface area contributed by atoms with Gasteiger partial charge in [0.15, 0.2) is 0 Å². The molecular weight excluding hydrogens is 134 g/mol. The van der Waals surface area contributed by atoms with E-state index >= 15 is 0 Å². The number of hydrogen-bond donors (Lipinski definition) is 0. The van der Waals surface area contributed by atoms with Gasteiger partial charge in [-0.05, 0) is 50.2 Å². The van der Waals surface area contributed by atoms with Crippen LogP contribution in [0.1, 0.15) is 33.1 Å². The van der Waals surface area contributed by atoms with E-state index in [0.29, 0.717) is 0 Å². The quantitative estimate of drug-likeness (QED) is 0.558. The Hall–Kier alpha value is -0.0400. The monoisotopic (exact) mass is 153 g/mol. The van der Waals surface area contributed by atoms with Gasteiger partial charge in [0, 0.05) is 0 Å². The molecule has 11 heavy (non-hydrogen) atoms. The average molecular weight is 153 g/mol. The largest absolute Gasteiger partial charge is 0.304 e. The first-order valence-electron chi connectivity index (χ1n) is 4.99. The van der Waals surface area contributed by atoms with Crippen LogP contribution < -0.4 is 0 Å². The van der Waals surface area contributed by atoms with Crippen molar-refractivity contribution in [3.05, 3.63) is 0 Å². The smallest absolute Gasteiger partial charge is 0.00134 e. The minimum absolute atomic E-state index is 0.825. The normalized spacial score (nSPS) is 36.0. The molecule has 0 aromatic heterocycles. The molecule has 2 rings (SSSR count). The van der Waals surface area contributed by atoms with Crippen molar-refractivity contribution < 1.29 is 0 Å². The molecule has 1 saturated carbocycles. The molecule has 2 aliphatic rings. The summed E-state index contributed by atoms with van der Waals surface area (Å²) in [6.45, 7) is 8.67. The highest BCUT2D eigenvalue weighted by Crippen LogP contribution is 2.58. The summed E-state index contributed by atoms with van der Waals surface area (Å²) in [4.78, 5) is 2.58. The zero-order valence-electron chi connectivity index (χ0n) is 7.77. The summed E-state index contributed by atoms with van der Waals surface area (Å²) >= 11 is 0. The van der Waals surface area contributed by atoms with Gasteiger partial charge in [0.05, 0.1) is 0 Å². The highest BCUT2D eigenvalue weighted by molar-refractivity contribution is 5.02. The summed E-state index contributed by atoms with van der Waals surface area (Å²) in [5.41, 5.74) is 0.825. The first kappa shape index (κ1) is 7.60. The van der Waals surface area contributed by atoms with E-state index in [1.807, 2.05) is 0 Å². The van der Waals surface area contributed by atoms with Crippen LogP contribution in [0.3, 0.4) is 0 Å². The molecule has 1 heteroatoms. The topological polar surface area (TPSA) is 3.24 Å². The van der Waals surface area contributed by atoms with Gasteiger partial charge in [0.25, 0.3) is 0 Å². The molecule has 0 radical (unpaired) electrons. The number of hydrogen-bond acceptors (Lipinski definition) is 1. The van der Waals surface area contributed by atoms with Gasteiger partial charge in [-0.3, -0.25) is 0 Å². The molecule has 2 fully saturated rings. The molecule has 0 aromatic carbocycles. The minimum Gasteiger partial charge on any atom is -0.304 e. The Morgan fingerprint density at radius 1 is 1.36 bits per heavy atom.